The molecule has 0 heterocycles. The van der Waals surface area contributed by atoms with Gasteiger partial charge in [-0.2, -0.15) is 0 Å². The van der Waals surface area contributed by atoms with Crippen molar-refractivity contribution in [2.24, 2.45) is 0 Å². The van der Waals surface area contributed by atoms with Gasteiger partial charge in [0, 0.05) is 6.42 Å². The molecule has 0 aliphatic rings. The molecule has 2 N–H and O–H groups in total. The maximum atomic E-state index is 13.0. The zero-order valence-electron chi connectivity index (χ0n) is 49.8. The van der Waals surface area contributed by atoms with Crippen molar-refractivity contribution in [3.63, 3.8) is 0 Å². The zero-order chi connectivity index (χ0) is 56.3. The largest absolute Gasteiger partial charge is 0.756 e. The highest BCUT2D eigenvalue weighted by atomic mass is 31.2. The molecule has 438 valence electrons. The molecule has 3 unspecified atom stereocenters. The lowest BCUT2D eigenvalue weighted by atomic mass is 10.0. The van der Waals surface area contributed by atoms with Gasteiger partial charge < -0.3 is 28.8 Å². The Morgan fingerprint density at radius 2 is 0.792 bits per heavy atom. The number of rotatable bonds is 54. The lowest BCUT2D eigenvalue weighted by Gasteiger charge is -2.29. The summed E-state index contributed by atoms with van der Waals surface area (Å²) in [6.45, 7) is 4.51. The van der Waals surface area contributed by atoms with E-state index in [4.69, 9.17) is 9.05 Å². The van der Waals surface area contributed by atoms with Crippen molar-refractivity contribution >= 4 is 13.7 Å². The number of hydrogen-bond donors (Lipinski definition) is 2. The average molecular weight is 1090 g/mol. The van der Waals surface area contributed by atoms with E-state index in [0.717, 1.165) is 122 Å². The third kappa shape index (κ3) is 59.9. The molecule has 0 bridgehead atoms. The highest BCUT2D eigenvalue weighted by Gasteiger charge is 2.23. The van der Waals surface area contributed by atoms with Crippen LogP contribution in [0.15, 0.2) is 146 Å². The second-order valence-corrected chi connectivity index (χ2v) is 22.7. The van der Waals surface area contributed by atoms with E-state index in [9.17, 15) is 19.4 Å². The highest BCUT2D eigenvalue weighted by Crippen LogP contribution is 2.38. The molecule has 1 amide bonds. The van der Waals surface area contributed by atoms with Gasteiger partial charge in [-0.05, 0) is 103 Å². The number of carbonyl (C=O) groups is 1. The van der Waals surface area contributed by atoms with Crippen LogP contribution < -0.4 is 10.2 Å². The maximum absolute atomic E-state index is 13.0. The predicted octanol–water partition coefficient (Wildman–Crippen LogP) is 18.6. The van der Waals surface area contributed by atoms with Gasteiger partial charge in [0.05, 0.1) is 39.9 Å². The quantitative estimate of drug-likeness (QED) is 0.0272. The van der Waals surface area contributed by atoms with Gasteiger partial charge in [0.2, 0.25) is 5.91 Å². The second kappa shape index (κ2) is 57.1. The van der Waals surface area contributed by atoms with E-state index in [0.29, 0.717) is 17.4 Å². The van der Waals surface area contributed by atoms with E-state index in [-0.39, 0.29) is 12.5 Å². The van der Waals surface area contributed by atoms with Gasteiger partial charge in [-0.25, -0.2) is 0 Å². The first kappa shape index (κ1) is 73.4. The van der Waals surface area contributed by atoms with Crippen molar-refractivity contribution in [1.82, 2.24) is 5.32 Å². The van der Waals surface area contributed by atoms with E-state index in [1.807, 2.05) is 27.2 Å². The van der Waals surface area contributed by atoms with Gasteiger partial charge in [0.1, 0.15) is 13.2 Å². The molecule has 0 saturated heterocycles. The summed E-state index contributed by atoms with van der Waals surface area (Å²) in [4.78, 5) is 25.5. The van der Waals surface area contributed by atoms with Gasteiger partial charge in [-0.15, -0.1) is 0 Å². The number of amides is 1. The number of carbonyl (C=O) groups excluding carboxylic acids is 1. The number of allylic oxidation sites excluding steroid dienone is 23. The molecule has 0 spiro atoms. The predicted molar refractivity (Wildman–Crippen MR) is 334 cm³/mol. The molecule has 0 aromatic carbocycles. The first-order valence-corrected chi connectivity index (χ1v) is 32.2. The van der Waals surface area contributed by atoms with Crippen LogP contribution in [-0.4, -0.2) is 68.5 Å². The number of aliphatic hydroxyl groups excluding tert-OH is 1. The van der Waals surface area contributed by atoms with Crippen molar-refractivity contribution in [3.8, 4) is 0 Å². The standard InChI is InChI=1S/C68H115N2O6P/c1-6-8-10-12-14-16-18-20-22-23-24-25-26-27-28-29-30-31-32-33-34-35-36-37-38-39-40-41-42-43-44-45-46-47-48-50-52-54-56-58-60-62-68(72)69-66(65-76-77(73,74)75-64-63-70(3,4)5)67(71)61-59-57-55-53-51-49-21-19-17-15-13-11-9-7-2/h8,10,14,16,20,22,24-25,27-28,30-31,33-34,36-37,39-40,42-43,45-46,59,61,66-67,71H,6-7,9,11-13,15,17-19,21,23,26,29,32,35,38,41,44,47-58,60,62-65H2,1-5H3,(H-,69,72,73,74)/b10-8-,16-14-,22-20-,25-24-,28-27-,31-30-,34-33-,37-36-,40-39-,43-42-,46-45-,61-59+. The van der Waals surface area contributed by atoms with Crippen LogP contribution in [-0.2, 0) is 18.4 Å². The summed E-state index contributed by atoms with van der Waals surface area (Å²) in [6.07, 6.45) is 87.9. The molecule has 0 saturated carbocycles. The smallest absolute Gasteiger partial charge is 0.268 e. The summed E-state index contributed by atoms with van der Waals surface area (Å²) in [5.74, 6) is -0.215. The van der Waals surface area contributed by atoms with Crippen LogP contribution in [0.5, 0.6) is 0 Å². The third-order valence-electron chi connectivity index (χ3n) is 12.8. The zero-order valence-corrected chi connectivity index (χ0v) is 50.7. The van der Waals surface area contributed by atoms with Crippen molar-refractivity contribution in [2.45, 2.75) is 238 Å². The molecule has 0 fully saturated rings. The van der Waals surface area contributed by atoms with Crippen molar-refractivity contribution in [2.75, 3.05) is 40.9 Å². The van der Waals surface area contributed by atoms with Crippen LogP contribution >= 0.6 is 7.82 Å². The normalized spacial score (nSPS) is 14.8. The number of unbranched alkanes of at least 4 members (excludes halogenated alkanes) is 19. The number of hydrogen-bond acceptors (Lipinski definition) is 6. The van der Waals surface area contributed by atoms with Gasteiger partial charge >= 0.3 is 0 Å². The Morgan fingerprint density at radius 3 is 1.16 bits per heavy atom. The fourth-order valence-electron chi connectivity index (χ4n) is 8.04. The van der Waals surface area contributed by atoms with E-state index in [2.05, 4.69) is 153 Å². The lowest BCUT2D eigenvalue weighted by molar-refractivity contribution is -0.870. The number of aliphatic hydroxyl groups is 1. The lowest BCUT2D eigenvalue weighted by Crippen LogP contribution is -2.45. The van der Waals surface area contributed by atoms with Gasteiger partial charge in [-0.3, -0.25) is 9.36 Å². The molecule has 8 nitrogen and oxygen atoms in total. The first-order chi connectivity index (χ1) is 37.5. The minimum Gasteiger partial charge on any atom is -0.756 e. The van der Waals surface area contributed by atoms with Crippen LogP contribution in [0, 0.1) is 0 Å². The van der Waals surface area contributed by atoms with Gasteiger partial charge in [0.15, 0.2) is 0 Å². The minimum absolute atomic E-state index is 0.0103. The van der Waals surface area contributed by atoms with E-state index >= 15 is 0 Å². The molecule has 0 rings (SSSR count). The average Bonchev–Trinajstić information content (AvgIpc) is 3.39. The summed E-state index contributed by atoms with van der Waals surface area (Å²) < 4.78 is 23.3. The Morgan fingerprint density at radius 1 is 0.468 bits per heavy atom. The topological polar surface area (TPSA) is 108 Å². The molecule has 0 aromatic heterocycles. The van der Waals surface area contributed by atoms with Crippen LogP contribution in [0.3, 0.4) is 0 Å². The summed E-state index contributed by atoms with van der Waals surface area (Å²) in [6, 6.07) is -0.902. The maximum Gasteiger partial charge on any atom is 0.268 e. The second-order valence-electron chi connectivity index (χ2n) is 21.3. The Balaban J connectivity index is 4.14. The Hall–Kier alpha value is -3.62. The van der Waals surface area contributed by atoms with Gasteiger partial charge in [0.25, 0.3) is 7.82 Å². The van der Waals surface area contributed by atoms with Gasteiger partial charge in [-0.1, -0.05) is 262 Å². The fraction of sp³-hybridized carbons (Fsp3) is 0.632. The Bertz CT molecular complexity index is 1760. The monoisotopic (exact) mass is 1090 g/mol. The van der Waals surface area contributed by atoms with E-state index < -0.39 is 26.6 Å². The molecule has 0 aliphatic heterocycles. The molecular weight excluding hydrogens is 972 g/mol. The molecule has 0 radical (unpaired) electrons. The number of nitrogens with zero attached hydrogens (tertiary/aromatic N) is 1. The van der Waals surface area contributed by atoms with Crippen LogP contribution in [0.4, 0.5) is 0 Å². The third-order valence-corrected chi connectivity index (χ3v) is 13.8. The molecular formula is C68H115N2O6P. The van der Waals surface area contributed by atoms with Crippen molar-refractivity contribution < 1.29 is 32.9 Å². The molecule has 77 heavy (non-hydrogen) atoms. The number of phosphoric acid groups is 1. The van der Waals surface area contributed by atoms with Crippen LogP contribution in [0.1, 0.15) is 226 Å². The summed E-state index contributed by atoms with van der Waals surface area (Å²) in [5.41, 5.74) is 0. The van der Waals surface area contributed by atoms with Crippen LogP contribution in [0.2, 0.25) is 0 Å². The highest BCUT2D eigenvalue weighted by molar-refractivity contribution is 7.45. The Kier molecular flexibility index (Phi) is 54.4. The first-order valence-electron chi connectivity index (χ1n) is 30.7. The molecule has 3 atom stereocenters. The van der Waals surface area contributed by atoms with Crippen molar-refractivity contribution in [3.05, 3.63) is 146 Å². The summed E-state index contributed by atoms with van der Waals surface area (Å²) in [5, 5.41) is 13.9. The fourth-order valence-corrected chi connectivity index (χ4v) is 8.76. The van der Waals surface area contributed by atoms with E-state index in [1.165, 1.54) is 83.5 Å². The number of likely N-dealkylation sites (N-methyl/N-ethyl adjacent to an activating group) is 1. The summed E-state index contributed by atoms with van der Waals surface area (Å²) >= 11 is 0. The SMILES string of the molecule is CC/C=C\C/C=C\C/C=C\C/C=C\C/C=C\C/C=C\C/C=C\C/C=C\C/C=C\C/C=C\C/C=C\CCCCCCCCCC(=O)NC(COP(=O)([O-])OCC[N+](C)(C)C)C(O)/C=C/CCCCCCCCCCCCCC. The minimum atomic E-state index is -4.61. The molecule has 0 aliphatic carbocycles. The molecule has 0 aromatic rings. The van der Waals surface area contributed by atoms with Crippen LogP contribution in [0.25, 0.3) is 0 Å². The van der Waals surface area contributed by atoms with Crippen molar-refractivity contribution in [1.29, 1.82) is 0 Å². The summed E-state index contributed by atoms with van der Waals surface area (Å²) in [7, 11) is 1.23. The Labute approximate surface area is 474 Å². The van der Waals surface area contributed by atoms with E-state index in [1.54, 1.807) is 6.08 Å². The number of phosphoric ester groups is 1. The number of nitrogens with one attached hydrogen (secondary N) is 1. The molecule has 9 heteroatoms. The number of quaternary nitrogens is 1.